The monoisotopic (exact) mass is 389 g/mol. The molecule has 3 rings (SSSR count). The van der Waals surface area contributed by atoms with E-state index in [1.165, 1.54) is 6.07 Å². The molecule has 0 saturated carbocycles. The number of halogens is 1. The first kappa shape index (κ1) is 14.1. The third-order valence-electron chi connectivity index (χ3n) is 3.71. The lowest BCUT2D eigenvalue weighted by Crippen LogP contribution is -2.51. The molecule has 1 amide bonds. The molecule has 20 heavy (non-hydrogen) atoms. The molecule has 0 atom stereocenters. The zero-order valence-electron chi connectivity index (χ0n) is 11.0. The first-order valence-corrected chi connectivity index (χ1v) is 7.73. The van der Waals surface area contributed by atoms with Crippen molar-refractivity contribution in [2.45, 2.75) is 18.6 Å². The lowest BCUT2D eigenvalue weighted by molar-refractivity contribution is -0.183. The highest BCUT2D eigenvalue weighted by Gasteiger charge is 2.42. The average Bonchev–Trinajstić information content (AvgIpc) is 2.89. The number of phenolic OH excluding ortho intramolecular Hbond substituents is 1. The largest absolute Gasteiger partial charge is 0.507 e. The fraction of sp³-hybridized carbons (Fsp3) is 0.500. The Kier molecular flexibility index (Phi) is 3.87. The number of hydrogen-bond acceptors (Lipinski definition) is 4. The van der Waals surface area contributed by atoms with E-state index in [0.717, 1.165) is 16.4 Å². The minimum atomic E-state index is -0.612. The van der Waals surface area contributed by atoms with Gasteiger partial charge in [0, 0.05) is 18.5 Å². The summed E-state index contributed by atoms with van der Waals surface area (Å²) in [6.45, 7) is 2.33. The molecule has 0 aliphatic carbocycles. The second-order valence-corrected chi connectivity index (χ2v) is 6.27. The number of aromatic hydroxyl groups is 1. The summed E-state index contributed by atoms with van der Waals surface area (Å²) >= 11 is 2.03. The number of piperidine rings is 1. The van der Waals surface area contributed by atoms with Gasteiger partial charge in [0.2, 0.25) is 0 Å². The number of likely N-dealkylation sites (tertiary alicyclic amines) is 1. The number of rotatable bonds is 1. The smallest absolute Gasteiger partial charge is 0.254 e. The van der Waals surface area contributed by atoms with Gasteiger partial charge in [0.15, 0.2) is 5.79 Å². The van der Waals surface area contributed by atoms with E-state index in [2.05, 4.69) is 0 Å². The van der Waals surface area contributed by atoms with Gasteiger partial charge in [-0.15, -0.1) is 0 Å². The Morgan fingerprint density at radius 3 is 2.80 bits per heavy atom. The third kappa shape index (κ3) is 2.64. The molecule has 0 unspecified atom stereocenters. The van der Waals surface area contributed by atoms with Crippen molar-refractivity contribution in [2.24, 2.45) is 0 Å². The molecule has 5 nitrogen and oxygen atoms in total. The van der Waals surface area contributed by atoms with Crippen LogP contribution in [0.2, 0.25) is 0 Å². The van der Waals surface area contributed by atoms with Crippen LogP contribution in [0.1, 0.15) is 23.2 Å². The maximum absolute atomic E-state index is 12.5. The quantitative estimate of drug-likeness (QED) is 0.747. The van der Waals surface area contributed by atoms with Gasteiger partial charge >= 0.3 is 0 Å². The van der Waals surface area contributed by atoms with Gasteiger partial charge in [0.05, 0.1) is 23.3 Å². The van der Waals surface area contributed by atoms with Gasteiger partial charge in [-0.05, 0) is 47.2 Å². The number of carbonyl (C=O) groups excluding carboxylic acids is 1. The Morgan fingerprint density at radius 2 is 2.10 bits per heavy atom. The number of nitrogens with zero attached hydrogens (tertiary/aromatic N) is 1. The molecule has 0 bridgehead atoms. The van der Waals surface area contributed by atoms with Gasteiger partial charge < -0.3 is 19.5 Å². The van der Waals surface area contributed by atoms with Gasteiger partial charge in [-0.2, -0.15) is 0 Å². The number of phenols is 1. The SMILES string of the molecule is O=C(c1ccc(I)c(O)c1)N1CCCC2(C1)OCCO2. The van der Waals surface area contributed by atoms with Gasteiger partial charge in [0.1, 0.15) is 5.75 Å². The zero-order valence-corrected chi connectivity index (χ0v) is 13.1. The maximum atomic E-state index is 12.5. The summed E-state index contributed by atoms with van der Waals surface area (Å²) in [5.74, 6) is -0.564. The van der Waals surface area contributed by atoms with Crippen LogP contribution in [0.15, 0.2) is 18.2 Å². The van der Waals surface area contributed by atoms with Crippen LogP contribution in [-0.4, -0.2) is 48.0 Å². The molecular formula is C14H16INO4. The first-order chi connectivity index (χ1) is 9.60. The van der Waals surface area contributed by atoms with Crippen LogP contribution < -0.4 is 0 Å². The minimum absolute atomic E-state index is 0.0881. The third-order valence-corrected chi connectivity index (χ3v) is 4.62. The molecule has 2 saturated heterocycles. The molecule has 2 heterocycles. The van der Waals surface area contributed by atoms with Gasteiger partial charge in [-0.3, -0.25) is 4.79 Å². The van der Waals surface area contributed by atoms with Crippen molar-refractivity contribution in [3.63, 3.8) is 0 Å². The zero-order chi connectivity index (χ0) is 14.2. The van der Waals surface area contributed by atoms with Crippen molar-refractivity contribution in [3.05, 3.63) is 27.3 Å². The lowest BCUT2D eigenvalue weighted by atomic mass is 10.0. The molecule has 0 radical (unpaired) electrons. The number of hydrogen-bond donors (Lipinski definition) is 1. The van der Waals surface area contributed by atoms with Gasteiger partial charge in [0.25, 0.3) is 5.91 Å². The molecule has 1 aromatic rings. The Labute approximate surface area is 131 Å². The maximum Gasteiger partial charge on any atom is 0.254 e. The summed E-state index contributed by atoms with van der Waals surface area (Å²) < 4.78 is 12.1. The molecular weight excluding hydrogens is 373 g/mol. The second-order valence-electron chi connectivity index (χ2n) is 5.10. The number of benzene rings is 1. The first-order valence-electron chi connectivity index (χ1n) is 6.65. The molecule has 1 aromatic carbocycles. The molecule has 1 N–H and O–H groups in total. The van der Waals surface area contributed by atoms with Gasteiger partial charge in [-0.1, -0.05) is 0 Å². The van der Waals surface area contributed by atoms with E-state index < -0.39 is 5.79 Å². The summed E-state index contributed by atoms with van der Waals surface area (Å²) in [7, 11) is 0. The molecule has 6 heteroatoms. The molecule has 2 fully saturated rings. The second kappa shape index (κ2) is 5.50. The highest BCUT2D eigenvalue weighted by atomic mass is 127. The lowest BCUT2D eigenvalue weighted by Gasteiger charge is -2.38. The number of carbonyl (C=O) groups is 1. The fourth-order valence-corrected chi connectivity index (χ4v) is 3.06. The van der Waals surface area contributed by atoms with Crippen molar-refractivity contribution in [3.8, 4) is 5.75 Å². The average molecular weight is 389 g/mol. The van der Waals surface area contributed by atoms with Gasteiger partial charge in [-0.25, -0.2) is 0 Å². The minimum Gasteiger partial charge on any atom is -0.507 e. The van der Waals surface area contributed by atoms with Crippen LogP contribution in [0.5, 0.6) is 5.75 Å². The summed E-state index contributed by atoms with van der Waals surface area (Å²) in [4.78, 5) is 14.3. The Bertz CT molecular complexity index is 528. The van der Waals surface area contributed by atoms with E-state index in [1.807, 2.05) is 22.6 Å². The summed E-state index contributed by atoms with van der Waals surface area (Å²) in [6, 6.07) is 4.99. The van der Waals surface area contributed by atoms with E-state index in [4.69, 9.17) is 9.47 Å². The van der Waals surface area contributed by atoms with Crippen LogP contribution in [0.3, 0.4) is 0 Å². The topological polar surface area (TPSA) is 59.0 Å². The Hall–Kier alpha value is -0.860. The van der Waals surface area contributed by atoms with Crippen LogP contribution in [0, 0.1) is 3.57 Å². The standard InChI is InChI=1S/C14H16INO4/c15-11-3-2-10(8-12(11)17)13(18)16-5-1-4-14(9-16)19-6-7-20-14/h2-3,8,17H,1,4-7,9H2. The van der Waals surface area contributed by atoms with Crippen molar-refractivity contribution in [1.29, 1.82) is 0 Å². The van der Waals surface area contributed by atoms with Crippen molar-refractivity contribution in [2.75, 3.05) is 26.3 Å². The summed E-state index contributed by atoms with van der Waals surface area (Å²) in [5, 5.41) is 9.72. The normalized spacial score (nSPS) is 21.4. The predicted octanol–water partition coefficient (Wildman–Crippen LogP) is 1.98. The number of amides is 1. The van der Waals surface area contributed by atoms with Crippen LogP contribution in [0.25, 0.3) is 0 Å². The van der Waals surface area contributed by atoms with Crippen LogP contribution >= 0.6 is 22.6 Å². The molecule has 2 aliphatic rings. The molecule has 1 spiro atoms. The molecule has 0 aromatic heterocycles. The number of ether oxygens (including phenoxy) is 2. The molecule has 2 aliphatic heterocycles. The molecule has 108 valence electrons. The van der Waals surface area contributed by atoms with Crippen molar-refractivity contribution < 1.29 is 19.4 Å². The summed E-state index contributed by atoms with van der Waals surface area (Å²) in [5.41, 5.74) is 0.498. The fourth-order valence-electron chi connectivity index (χ4n) is 2.72. The predicted molar refractivity (Wildman–Crippen MR) is 80.6 cm³/mol. The van der Waals surface area contributed by atoms with E-state index in [9.17, 15) is 9.90 Å². The van der Waals surface area contributed by atoms with Crippen molar-refractivity contribution >= 4 is 28.5 Å². The van der Waals surface area contributed by atoms with Crippen molar-refractivity contribution in [1.82, 2.24) is 4.90 Å². The Morgan fingerprint density at radius 1 is 1.35 bits per heavy atom. The van der Waals surface area contributed by atoms with E-state index in [1.54, 1.807) is 17.0 Å². The van der Waals surface area contributed by atoms with Crippen LogP contribution in [0.4, 0.5) is 0 Å². The van der Waals surface area contributed by atoms with E-state index in [0.29, 0.717) is 31.9 Å². The highest BCUT2D eigenvalue weighted by Crippen LogP contribution is 2.31. The Balaban J connectivity index is 1.77. The highest BCUT2D eigenvalue weighted by molar-refractivity contribution is 14.1. The van der Waals surface area contributed by atoms with E-state index in [-0.39, 0.29) is 11.7 Å². The van der Waals surface area contributed by atoms with E-state index >= 15 is 0 Å². The van der Waals surface area contributed by atoms with Crippen LogP contribution in [-0.2, 0) is 9.47 Å². The summed E-state index contributed by atoms with van der Waals surface area (Å²) in [6.07, 6.45) is 1.69.